The number of rotatable bonds is 13. The second-order valence-corrected chi connectivity index (χ2v) is 6.52. The maximum atomic E-state index is 13.4. The summed E-state index contributed by atoms with van der Waals surface area (Å²) in [7, 11) is 3.15. The molecule has 0 fully saturated rings. The van der Waals surface area contributed by atoms with Gasteiger partial charge < -0.3 is 19.1 Å². The number of benzene rings is 1. The molecule has 0 aromatic heterocycles. The van der Waals surface area contributed by atoms with Crippen molar-refractivity contribution < 1.29 is 28.2 Å². The second kappa shape index (κ2) is 11.6. The summed E-state index contributed by atoms with van der Waals surface area (Å²) in [5, 5.41) is 0. The van der Waals surface area contributed by atoms with Crippen LogP contribution in [-0.4, -0.2) is 81.9 Å². The summed E-state index contributed by atoms with van der Waals surface area (Å²) >= 11 is 0. The van der Waals surface area contributed by atoms with Gasteiger partial charge >= 0.3 is 0 Å². The predicted molar refractivity (Wildman–Crippen MR) is 106 cm³/mol. The molecule has 160 valence electrons. The molecule has 0 radical (unpaired) electrons. The lowest BCUT2D eigenvalue weighted by Crippen LogP contribution is -2.38. The molecule has 0 atom stereocenters. The lowest BCUT2D eigenvalue weighted by molar-refractivity contribution is -0.137. The molecule has 8 heteroatoms. The monoisotopic (exact) mass is 408 g/mol. The van der Waals surface area contributed by atoms with Gasteiger partial charge in [0, 0.05) is 47.1 Å². The topological polar surface area (TPSA) is 68.3 Å². The summed E-state index contributed by atoms with van der Waals surface area (Å²) in [6, 6.07) is 5.60. The molecule has 0 N–H and O–H groups in total. The molecular formula is C21H29FN2O5. The zero-order valence-electron chi connectivity index (χ0n) is 17.3. The van der Waals surface area contributed by atoms with Crippen molar-refractivity contribution in [2.24, 2.45) is 0 Å². The summed E-state index contributed by atoms with van der Waals surface area (Å²) in [6.45, 7) is 4.80. The van der Waals surface area contributed by atoms with Gasteiger partial charge in [-0.1, -0.05) is 12.1 Å². The van der Waals surface area contributed by atoms with Crippen molar-refractivity contribution in [3.05, 3.63) is 41.3 Å². The standard InChI is InChI=1S/C21H29FN2O5/c1-4-29-13-5-10-24-20(25)18(16-6-8-17(22)9-7-16)19(21(24)26)23(11-14-27-2)12-15-28-3/h6-9H,4-5,10-15H2,1-3H3. The number of ether oxygens (including phenoxy) is 3. The van der Waals surface area contributed by atoms with Crippen molar-refractivity contribution in [1.82, 2.24) is 9.80 Å². The molecule has 1 heterocycles. The van der Waals surface area contributed by atoms with E-state index in [4.69, 9.17) is 14.2 Å². The molecule has 2 amide bonds. The Morgan fingerprint density at radius 3 is 2.14 bits per heavy atom. The number of carbonyl (C=O) groups is 2. The summed E-state index contributed by atoms with van der Waals surface area (Å²) in [4.78, 5) is 29.4. The average Bonchev–Trinajstić information content (AvgIpc) is 2.96. The first-order valence-electron chi connectivity index (χ1n) is 9.72. The van der Waals surface area contributed by atoms with E-state index in [2.05, 4.69) is 0 Å². The third-order valence-corrected chi connectivity index (χ3v) is 4.60. The molecular weight excluding hydrogens is 379 g/mol. The Morgan fingerprint density at radius 1 is 0.966 bits per heavy atom. The highest BCUT2D eigenvalue weighted by atomic mass is 19.1. The highest BCUT2D eigenvalue weighted by molar-refractivity contribution is 6.35. The Morgan fingerprint density at radius 2 is 1.59 bits per heavy atom. The van der Waals surface area contributed by atoms with Crippen LogP contribution < -0.4 is 0 Å². The van der Waals surface area contributed by atoms with Gasteiger partial charge in [0.15, 0.2) is 0 Å². The van der Waals surface area contributed by atoms with Crippen molar-refractivity contribution >= 4 is 17.4 Å². The summed E-state index contributed by atoms with van der Waals surface area (Å²) < 4.78 is 29.1. The first-order valence-corrected chi connectivity index (χ1v) is 9.72. The normalized spacial score (nSPS) is 14.3. The Bertz CT molecular complexity index is 712. The van der Waals surface area contributed by atoms with Gasteiger partial charge in [-0.05, 0) is 31.0 Å². The van der Waals surface area contributed by atoms with Crippen LogP contribution in [0.1, 0.15) is 18.9 Å². The zero-order valence-corrected chi connectivity index (χ0v) is 17.3. The highest BCUT2D eigenvalue weighted by Crippen LogP contribution is 2.31. The van der Waals surface area contributed by atoms with Crippen LogP contribution in [0.3, 0.4) is 0 Å². The number of amides is 2. The van der Waals surface area contributed by atoms with Crippen molar-refractivity contribution in [2.45, 2.75) is 13.3 Å². The maximum Gasteiger partial charge on any atom is 0.277 e. The van der Waals surface area contributed by atoms with E-state index >= 15 is 0 Å². The van der Waals surface area contributed by atoms with Gasteiger partial charge in [0.1, 0.15) is 11.5 Å². The first-order chi connectivity index (χ1) is 14.0. The van der Waals surface area contributed by atoms with Crippen molar-refractivity contribution in [3.63, 3.8) is 0 Å². The Hall–Kier alpha value is -2.29. The molecule has 0 bridgehead atoms. The zero-order chi connectivity index (χ0) is 21.2. The molecule has 29 heavy (non-hydrogen) atoms. The Labute approximate surface area is 171 Å². The van der Waals surface area contributed by atoms with E-state index in [1.54, 1.807) is 19.1 Å². The van der Waals surface area contributed by atoms with Gasteiger partial charge in [0.25, 0.3) is 11.8 Å². The van der Waals surface area contributed by atoms with E-state index in [9.17, 15) is 14.0 Å². The van der Waals surface area contributed by atoms with Crippen molar-refractivity contribution in [2.75, 3.05) is 60.3 Å². The fraction of sp³-hybridized carbons (Fsp3) is 0.524. The van der Waals surface area contributed by atoms with E-state index in [0.29, 0.717) is 57.2 Å². The van der Waals surface area contributed by atoms with E-state index in [1.807, 2.05) is 6.92 Å². The van der Waals surface area contributed by atoms with Crippen LogP contribution in [0.4, 0.5) is 4.39 Å². The van der Waals surface area contributed by atoms with E-state index in [0.717, 1.165) is 0 Å². The van der Waals surface area contributed by atoms with Gasteiger partial charge in [0.05, 0.1) is 18.8 Å². The number of hydrogen-bond donors (Lipinski definition) is 0. The molecule has 1 aromatic carbocycles. The third-order valence-electron chi connectivity index (χ3n) is 4.60. The van der Waals surface area contributed by atoms with Gasteiger partial charge in [0.2, 0.25) is 0 Å². The molecule has 0 aliphatic carbocycles. The molecule has 0 saturated carbocycles. The molecule has 2 rings (SSSR count). The fourth-order valence-electron chi connectivity index (χ4n) is 3.14. The lowest BCUT2D eigenvalue weighted by atomic mass is 10.0. The molecule has 0 spiro atoms. The van der Waals surface area contributed by atoms with Gasteiger partial charge in [-0.2, -0.15) is 0 Å². The lowest BCUT2D eigenvalue weighted by Gasteiger charge is -2.25. The SMILES string of the molecule is CCOCCCN1C(=O)C(c2ccc(F)cc2)=C(N(CCOC)CCOC)C1=O. The number of imide groups is 1. The number of hydrogen-bond acceptors (Lipinski definition) is 6. The van der Waals surface area contributed by atoms with Gasteiger partial charge in [-0.3, -0.25) is 14.5 Å². The molecule has 1 aromatic rings. The molecule has 1 aliphatic rings. The van der Waals surface area contributed by atoms with Crippen LogP contribution in [0.2, 0.25) is 0 Å². The fourth-order valence-corrected chi connectivity index (χ4v) is 3.14. The Balaban J connectivity index is 2.39. The predicted octanol–water partition coefficient (Wildman–Crippen LogP) is 1.93. The van der Waals surface area contributed by atoms with Gasteiger partial charge in [-0.25, -0.2) is 4.39 Å². The summed E-state index contributed by atoms with van der Waals surface area (Å²) in [5.74, 6) is -1.15. The van der Waals surface area contributed by atoms with E-state index in [-0.39, 0.29) is 23.9 Å². The summed E-state index contributed by atoms with van der Waals surface area (Å²) in [6.07, 6.45) is 0.547. The minimum absolute atomic E-state index is 0.258. The number of carbonyl (C=O) groups excluding carboxylic acids is 2. The Kier molecular flexibility index (Phi) is 9.24. The van der Waals surface area contributed by atoms with Crippen LogP contribution in [0.25, 0.3) is 5.57 Å². The minimum Gasteiger partial charge on any atom is -0.383 e. The van der Waals surface area contributed by atoms with E-state index in [1.165, 1.54) is 29.2 Å². The molecule has 1 aliphatic heterocycles. The van der Waals surface area contributed by atoms with Crippen LogP contribution in [0.5, 0.6) is 0 Å². The smallest absolute Gasteiger partial charge is 0.277 e. The van der Waals surface area contributed by atoms with Crippen molar-refractivity contribution in [1.29, 1.82) is 0 Å². The third kappa shape index (κ3) is 5.85. The number of methoxy groups -OCH3 is 2. The highest BCUT2D eigenvalue weighted by Gasteiger charge is 2.41. The average molecular weight is 408 g/mol. The van der Waals surface area contributed by atoms with Crippen LogP contribution >= 0.6 is 0 Å². The van der Waals surface area contributed by atoms with Gasteiger partial charge in [-0.15, -0.1) is 0 Å². The van der Waals surface area contributed by atoms with Crippen LogP contribution in [0.15, 0.2) is 30.0 Å². The molecule has 0 unspecified atom stereocenters. The molecule has 0 saturated heterocycles. The molecule has 7 nitrogen and oxygen atoms in total. The second-order valence-electron chi connectivity index (χ2n) is 6.52. The largest absolute Gasteiger partial charge is 0.383 e. The van der Waals surface area contributed by atoms with Crippen molar-refractivity contribution in [3.8, 4) is 0 Å². The summed E-state index contributed by atoms with van der Waals surface area (Å²) in [5.41, 5.74) is 1.08. The first kappa shape index (κ1) is 23.0. The van der Waals surface area contributed by atoms with E-state index < -0.39 is 5.82 Å². The van der Waals surface area contributed by atoms with Crippen LogP contribution in [0, 0.1) is 5.82 Å². The number of halogens is 1. The quantitative estimate of drug-likeness (QED) is 0.367. The van der Waals surface area contributed by atoms with Crippen LogP contribution in [-0.2, 0) is 23.8 Å². The number of nitrogens with zero attached hydrogens (tertiary/aromatic N) is 2. The maximum absolute atomic E-state index is 13.4. The minimum atomic E-state index is -0.406.